The van der Waals surface area contributed by atoms with Crippen molar-refractivity contribution in [2.75, 3.05) is 6.61 Å². The highest BCUT2D eigenvalue weighted by Crippen LogP contribution is 2.43. The van der Waals surface area contributed by atoms with Crippen molar-refractivity contribution < 1.29 is 23.9 Å². The second-order valence-corrected chi connectivity index (χ2v) is 7.25. The van der Waals surface area contributed by atoms with Gasteiger partial charge in [0.15, 0.2) is 11.7 Å². The van der Waals surface area contributed by atoms with Crippen LogP contribution in [0, 0.1) is 31.6 Å². The Bertz CT molecular complexity index is 704. The summed E-state index contributed by atoms with van der Waals surface area (Å²) in [6.07, 6.45) is 0. The Morgan fingerprint density at radius 2 is 1.92 bits per heavy atom. The van der Waals surface area contributed by atoms with Gasteiger partial charge in [-0.1, -0.05) is 30.7 Å². The summed E-state index contributed by atoms with van der Waals surface area (Å²) >= 11 is 0. The quantitative estimate of drug-likeness (QED) is 0.465. The lowest BCUT2D eigenvalue weighted by molar-refractivity contribution is -0.157. The average Bonchev–Trinajstić information content (AvgIpc) is 2.75. The molecule has 0 N–H and O–H groups in total. The van der Waals surface area contributed by atoms with E-state index in [0.29, 0.717) is 5.56 Å². The third kappa shape index (κ3) is 3.60. The first-order chi connectivity index (χ1) is 11.6. The summed E-state index contributed by atoms with van der Waals surface area (Å²) in [6.45, 7) is 10.9. The molecule has 1 heterocycles. The van der Waals surface area contributed by atoms with Crippen LogP contribution in [0.15, 0.2) is 18.2 Å². The van der Waals surface area contributed by atoms with Gasteiger partial charge < -0.3 is 9.47 Å². The Morgan fingerprint density at radius 3 is 2.48 bits per heavy atom. The molecule has 0 aromatic heterocycles. The van der Waals surface area contributed by atoms with E-state index >= 15 is 0 Å². The summed E-state index contributed by atoms with van der Waals surface area (Å²) in [5, 5.41) is 0. The molecule has 136 valence electrons. The Kier molecular flexibility index (Phi) is 5.35. The molecule has 1 saturated heterocycles. The van der Waals surface area contributed by atoms with Gasteiger partial charge in [-0.15, -0.1) is 0 Å². The molecule has 1 aliphatic heterocycles. The number of esters is 2. The monoisotopic (exact) mass is 346 g/mol. The smallest absolute Gasteiger partial charge is 0.321 e. The van der Waals surface area contributed by atoms with Crippen molar-refractivity contribution in [3.63, 3.8) is 0 Å². The maximum atomic E-state index is 13.1. The van der Waals surface area contributed by atoms with Gasteiger partial charge in [0.1, 0.15) is 5.60 Å². The van der Waals surface area contributed by atoms with Crippen LogP contribution in [0.4, 0.5) is 0 Å². The maximum Gasteiger partial charge on any atom is 0.321 e. The number of rotatable bonds is 5. The normalized spacial score (nSPS) is 23.0. The molecule has 0 saturated carbocycles. The number of Topliss-reactive ketones (excluding diaryl/α,β-unsaturated/α-hetero) is 1. The molecule has 1 fully saturated rings. The molecule has 25 heavy (non-hydrogen) atoms. The van der Waals surface area contributed by atoms with E-state index in [1.807, 2.05) is 26.0 Å². The van der Waals surface area contributed by atoms with Gasteiger partial charge in [0.2, 0.25) is 0 Å². The van der Waals surface area contributed by atoms with Crippen LogP contribution >= 0.6 is 0 Å². The van der Waals surface area contributed by atoms with E-state index in [9.17, 15) is 14.4 Å². The number of ether oxygens (including phenoxy) is 2. The number of carbonyl (C=O) groups excluding carboxylic acids is 3. The molecular weight excluding hydrogens is 320 g/mol. The average molecular weight is 346 g/mol. The minimum atomic E-state index is -1.07. The molecule has 0 amide bonds. The van der Waals surface area contributed by atoms with Crippen molar-refractivity contribution in [2.45, 2.75) is 47.1 Å². The van der Waals surface area contributed by atoms with E-state index in [0.717, 1.165) is 11.1 Å². The molecule has 5 heteroatoms. The van der Waals surface area contributed by atoms with E-state index in [2.05, 4.69) is 0 Å². The highest BCUT2D eigenvalue weighted by atomic mass is 16.6. The summed E-state index contributed by atoms with van der Waals surface area (Å²) in [4.78, 5) is 37.6. The molecule has 0 bridgehead atoms. The third-order valence-electron chi connectivity index (χ3n) is 4.92. The minimum Gasteiger partial charge on any atom is -0.465 e. The minimum absolute atomic E-state index is 0.0943. The predicted octanol–water partition coefficient (Wildman–Crippen LogP) is 3.25. The number of carbonyl (C=O) groups is 3. The first kappa shape index (κ1) is 19.2. The molecule has 0 radical (unpaired) electrons. The molecule has 0 unspecified atom stereocenters. The zero-order valence-electron chi connectivity index (χ0n) is 15.7. The van der Waals surface area contributed by atoms with Gasteiger partial charge in [-0.25, -0.2) is 0 Å². The van der Waals surface area contributed by atoms with E-state index in [1.54, 1.807) is 33.8 Å². The fourth-order valence-corrected chi connectivity index (χ4v) is 3.80. The van der Waals surface area contributed by atoms with E-state index in [-0.39, 0.29) is 12.4 Å². The number of cyclic esters (lactones) is 1. The van der Waals surface area contributed by atoms with Crippen molar-refractivity contribution in [3.05, 3.63) is 34.9 Å². The lowest BCUT2D eigenvalue weighted by Gasteiger charge is -2.31. The lowest BCUT2D eigenvalue weighted by Crippen LogP contribution is -2.41. The van der Waals surface area contributed by atoms with Gasteiger partial charge in [0, 0.05) is 17.4 Å². The molecular formula is C20H26O5. The largest absolute Gasteiger partial charge is 0.465 e. The first-order valence-electron chi connectivity index (χ1n) is 8.61. The second-order valence-electron chi connectivity index (χ2n) is 7.25. The second kappa shape index (κ2) is 6.98. The number of aryl methyl sites for hydroxylation is 2. The van der Waals surface area contributed by atoms with Crippen molar-refractivity contribution >= 4 is 17.7 Å². The van der Waals surface area contributed by atoms with E-state index < -0.39 is 35.3 Å². The Labute approximate surface area is 148 Å². The first-order valence-corrected chi connectivity index (χ1v) is 8.61. The van der Waals surface area contributed by atoms with Crippen molar-refractivity contribution in [2.24, 2.45) is 17.8 Å². The highest BCUT2D eigenvalue weighted by molar-refractivity contribution is 6.02. The maximum absolute atomic E-state index is 13.1. The summed E-state index contributed by atoms with van der Waals surface area (Å²) in [5.74, 6) is -3.54. The number of hydrogen-bond acceptors (Lipinski definition) is 5. The molecule has 1 aromatic rings. The molecule has 1 aromatic carbocycles. The SMILES string of the molecule is CCOC(=O)[C@H]1C(=O)OC(C)(C)[C@@H]1[C@@H](C)C(=O)c1ccc(C)cc1C. The van der Waals surface area contributed by atoms with Crippen LogP contribution in [-0.4, -0.2) is 29.9 Å². The molecule has 2 rings (SSSR count). The predicted molar refractivity (Wildman–Crippen MR) is 93.2 cm³/mol. The number of ketones is 1. The van der Waals surface area contributed by atoms with Crippen LogP contribution in [0.25, 0.3) is 0 Å². The Balaban J connectivity index is 2.39. The molecule has 5 nitrogen and oxygen atoms in total. The summed E-state index contributed by atoms with van der Waals surface area (Å²) in [7, 11) is 0. The molecule has 1 aliphatic rings. The third-order valence-corrected chi connectivity index (χ3v) is 4.92. The highest BCUT2D eigenvalue weighted by Gasteiger charge is 2.57. The van der Waals surface area contributed by atoms with Crippen LogP contribution in [0.2, 0.25) is 0 Å². The summed E-state index contributed by atoms with van der Waals surface area (Å²) < 4.78 is 10.4. The van der Waals surface area contributed by atoms with Crippen LogP contribution in [0.5, 0.6) is 0 Å². The van der Waals surface area contributed by atoms with Crippen LogP contribution in [0.1, 0.15) is 49.2 Å². The van der Waals surface area contributed by atoms with Crippen molar-refractivity contribution in [3.8, 4) is 0 Å². The van der Waals surface area contributed by atoms with Gasteiger partial charge in [-0.05, 0) is 40.2 Å². The number of benzene rings is 1. The van der Waals surface area contributed by atoms with Gasteiger partial charge in [-0.2, -0.15) is 0 Å². The summed E-state index contributed by atoms with van der Waals surface area (Å²) in [5.41, 5.74) is 1.65. The molecule has 0 aliphatic carbocycles. The zero-order chi connectivity index (χ0) is 18.9. The van der Waals surface area contributed by atoms with E-state index in [4.69, 9.17) is 9.47 Å². The van der Waals surface area contributed by atoms with Gasteiger partial charge in [-0.3, -0.25) is 14.4 Å². The fourth-order valence-electron chi connectivity index (χ4n) is 3.80. The Morgan fingerprint density at radius 1 is 1.28 bits per heavy atom. The van der Waals surface area contributed by atoms with Gasteiger partial charge >= 0.3 is 11.9 Å². The summed E-state index contributed by atoms with van der Waals surface area (Å²) in [6, 6.07) is 5.63. The molecule has 0 spiro atoms. The number of hydrogen-bond donors (Lipinski definition) is 0. The van der Waals surface area contributed by atoms with Crippen molar-refractivity contribution in [1.82, 2.24) is 0 Å². The molecule has 3 atom stereocenters. The lowest BCUT2D eigenvalue weighted by atomic mass is 9.72. The van der Waals surface area contributed by atoms with Crippen molar-refractivity contribution in [1.29, 1.82) is 0 Å². The Hall–Kier alpha value is -2.17. The fraction of sp³-hybridized carbons (Fsp3) is 0.550. The zero-order valence-corrected chi connectivity index (χ0v) is 15.7. The van der Waals surface area contributed by atoms with Crippen LogP contribution in [-0.2, 0) is 19.1 Å². The topological polar surface area (TPSA) is 69.7 Å². The van der Waals surface area contributed by atoms with Gasteiger partial charge in [0.25, 0.3) is 0 Å². The van der Waals surface area contributed by atoms with E-state index in [1.165, 1.54) is 0 Å². The van der Waals surface area contributed by atoms with Gasteiger partial charge in [0.05, 0.1) is 6.61 Å². The standard InChI is InChI=1S/C20H26O5/c1-7-24-18(22)15-16(20(5,6)25-19(15)23)13(4)17(21)14-9-8-11(2)10-12(14)3/h8-10,13,15-16H,7H2,1-6H3/t13-,15+,16-/m1/s1. The van der Waals surface area contributed by atoms with Crippen LogP contribution in [0.3, 0.4) is 0 Å². The van der Waals surface area contributed by atoms with Crippen LogP contribution < -0.4 is 0 Å².